The molecule has 1 heterocycles. The van der Waals surface area contributed by atoms with Crippen LogP contribution < -0.4 is 9.47 Å². The molecule has 0 radical (unpaired) electrons. The molecule has 2 nitrogen and oxygen atoms in total. The van der Waals surface area contributed by atoms with E-state index in [0.717, 1.165) is 5.39 Å². The predicted octanol–water partition coefficient (Wildman–Crippen LogP) is 4.00. The first-order valence-electron chi connectivity index (χ1n) is 5.34. The van der Waals surface area contributed by atoms with E-state index in [-0.39, 0.29) is 11.6 Å². The summed E-state index contributed by atoms with van der Waals surface area (Å²) in [4.78, 5) is 0. The van der Waals surface area contributed by atoms with Crippen molar-refractivity contribution in [2.24, 2.45) is 0 Å². The monoisotopic (exact) mass is 252 g/mol. The van der Waals surface area contributed by atoms with Crippen molar-refractivity contribution < 1.29 is 13.9 Å². The van der Waals surface area contributed by atoms with Crippen molar-refractivity contribution in [1.82, 2.24) is 0 Å². The number of benzene rings is 1. The van der Waals surface area contributed by atoms with E-state index >= 15 is 0 Å². The van der Waals surface area contributed by atoms with E-state index in [1.807, 2.05) is 19.1 Å². The predicted molar refractivity (Wildman–Crippen MR) is 68.6 cm³/mol. The molecule has 1 aromatic carbocycles. The van der Waals surface area contributed by atoms with Crippen molar-refractivity contribution in [2.75, 3.05) is 13.2 Å². The third kappa shape index (κ3) is 2.42. The molecule has 0 bridgehead atoms. The summed E-state index contributed by atoms with van der Waals surface area (Å²) in [6.45, 7) is 6.28. The van der Waals surface area contributed by atoms with Gasteiger partial charge in [-0.2, -0.15) is 0 Å². The summed E-state index contributed by atoms with van der Waals surface area (Å²) in [6.07, 6.45) is 1.66. The summed E-state index contributed by atoms with van der Waals surface area (Å²) in [7, 11) is 0. The Morgan fingerprint density at radius 1 is 1.41 bits per heavy atom. The van der Waals surface area contributed by atoms with Gasteiger partial charge in [-0.05, 0) is 30.5 Å². The summed E-state index contributed by atoms with van der Waals surface area (Å²) < 4.78 is 25.2. The average Bonchev–Trinajstić information content (AvgIpc) is 2.74. The molecule has 0 spiro atoms. The molecule has 0 unspecified atom stereocenters. The summed E-state index contributed by atoms with van der Waals surface area (Å²) in [5.74, 6) is -0.0278. The van der Waals surface area contributed by atoms with Crippen LogP contribution in [0, 0.1) is 5.82 Å². The first kappa shape index (κ1) is 11.9. The standard InChI is InChI=1S/C13H13FO2S/c1-3-7-16-11-8-9-5-6-10(15-4-2)12(14)13(9)17-11/h3,5-6,8H,1,4,7H2,2H3. The van der Waals surface area contributed by atoms with Crippen molar-refractivity contribution in [2.45, 2.75) is 6.92 Å². The van der Waals surface area contributed by atoms with Crippen LogP contribution in [0.3, 0.4) is 0 Å². The second kappa shape index (κ2) is 5.19. The molecule has 0 amide bonds. The number of halogens is 1. The Morgan fingerprint density at radius 3 is 2.94 bits per heavy atom. The third-order valence-corrected chi connectivity index (χ3v) is 3.27. The molecule has 0 aliphatic heterocycles. The maximum absolute atomic E-state index is 14.0. The van der Waals surface area contributed by atoms with Crippen LogP contribution in [0.1, 0.15) is 6.92 Å². The van der Waals surface area contributed by atoms with Gasteiger partial charge in [-0.25, -0.2) is 4.39 Å². The van der Waals surface area contributed by atoms with Crippen LogP contribution in [0.25, 0.3) is 10.1 Å². The molecule has 17 heavy (non-hydrogen) atoms. The number of hydrogen-bond donors (Lipinski definition) is 0. The van der Waals surface area contributed by atoms with Crippen LogP contribution >= 0.6 is 11.3 Å². The van der Waals surface area contributed by atoms with E-state index in [1.165, 1.54) is 11.3 Å². The van der Waals surface area contributed by atoms with Gasteiger partial charge in [0.1, 0.15) is 6.61 Å². The van der Waals surface area contributed by atoms with Gasteiger partial charge in [0.25, 0.3) is 0 Å². The van der Waals surface area contributed by atoms with Crippen LogP contribution in [0.4, 0.5) is 4.39 Å². The first-order chi connectivity index (χ1) is 8.26. The van der Waals surface area contributed by atoms with Crippen molar-refractivity contribution in [3.05, 3.63) is 36.7 Å². The Kier molecular flexibility index (Phi) is 3.64. The van der Waals surface area contributed by atoms with Gasteiger partial charge in [-0.1, -0.05) is 24.0 Å². The van der Waals surface area contributed by atoms with E-state index in [0.29, 0.717) is 23.0 Å². The molecule has 0 saturated carbocycles. The molecule has 90 valence electrons. The molecular formula is C13H13FO2S. The van der Waals surface area contributed by atoms with Crippen LogP contribution in [0.2, 0.25) is 0 Å². The van der Waals surface area contributed by atoms with Gasteiger partial charge in [0, 0.05) is 0 Å². The molecule has 0 fully saturated rings. The lowest BCUT2D eigenvalue weighted by Crippen LogP contribution is -1.93. The fraction of sp³-hybridized carbons (Fsp3) is 0.231. The minimum atomic E-state index is -0.317. The Labute approximate surface area is 103 Å². The molecule has 0 saturated heterocycles. The molecule has 4 heteroatoms. The Morgan fingerprint density at radius 2 is 2.24 bits per heavy atom. The van der Waals surface area contributed by atoms with Gasteiger partial charge in [0.05, 0.1) is 11.3 Å². The van der Waals surface area contributed by atoms with Crippen LogP contribution in [-0.4, -0.2) is 13.2 Å². The van der Waals surface area contributed by atoms with E-state index in [2.05, 4.69) is 6.58 Å². The Balaban J connectivity index is 2.39. The molecular weight excluding hydrogens is 239 g/mol. The number of rotatable bonds is 5. The summed E-state index contributed by atoms with van der Waals surface area (Å²) in [5, 5.41) is 1.52. The number of thiophene rings is 1. The Bertz CT molecular complexity index is 533. The van der Waals surface area contributed by atoms with Crippen molar-refractivity contribution in [3.63, 3.8) is 0 Å². The van der Waals surface area contributed by atoms with E-state index in [1.54, 1.807) is 12.1 Å². The second-order valence-electron chi connectivity index (χ2n) is 3.39. The van der Waals surface area contributed by atoms with Crippen LogP contribution in [0.15, 0.2) is 30.9 Å². The van der Waals surface area contributed by atoms with E-state index in [4.69, 9.17) is 9.47 Å². The maximum atomic E-state index is 14.0. The molecule has 0 N–H and O–H groups in total. The van der Waals surface area contributed by atoms with Gasteiger partial charge < -0.3 is 9.47 Å². The molecule has 2 aromatic rings. The molecule has 2 rings (SSSR count). The minimum absolute atomic E-state index is 0.289. The topological polar surface area (TPSA) is 18.5 Å². The van der Waals surface area contributed by atoms with Crippen LogP contribution in [0.5, 0.6) is 10.8 Å². The normalized spacial score (nSPS) is 10.5. The first-order valence-corrected chi connectivity index (χ1v) is 6.16. The van der Waals surface area contributed by atoms with Gasteiger partial charge in [-0.3, -0.25) is 0 Å². The van der Waals surface area contributed by atoms with Crippen molar-refractivity contribution >= 4 is 21.4 Å². The van der Waals surface area contributed by atoms with Crippen LogP contribution in [-0.2, 0) is 0 Å². The SMILES string of the molecule is C=CCOc1cc2ccc(OCC)c(F)c2s1. The van der Waals surface area contributed by atoms with Crippen molar-refractivity contribution in [3.8, 4) is 10.8 Å². The van der Waals surface area contributed by atoms with E-state index in [9.17, 15) is 4.39 Å². The molecule has 0 aliphatic rings. The molecule has 1 aromatic heterocycles. The van der Waals surface area contributed by atoms with Gasteiger partial charge in [0.15, 0.2) is 16.6 Å². The highest BCUT2D eigenvalue weighted by atomic mass is 32.1. The summed E-state index contributed by atoms with van der Waals surface area (Å²) in [6, 6.07) is 5.30. The zero-order valence-corrected chi connectivity index (χ0v) is 10.3. The fourth-order valence-corrected chi connectivity index (χ4v) is 2.46. The van der Waals surface area contributed by atoms with E-state index < -0.39 is 0 Å². The lowest BCUT2D eigenvalue weighted by Gasteiger charge is -2.03. The van der Waals surface area contributed by atoms with Crippen molar-refractivity contribution in [1.29, 1.82) is 0 Å². The Hall–Kier alpha value is -1.55. The highest BCUT2D eigenvalue weighted by Gasteiger charge is 2.12. The van der Waals surface area contributed by atoms with Gasteiger partial charge in [-0.15, -0.1) is 0 Å². The lowest BCUT2D eigenvalue weighted by atomic mass is 10.2. The smallest absolute Gasteiger partial charge is 0.182 e. The highest BCUT2D eigenvalue weighted by molar-refractivity contribution is 7.20. The maximum Gasteiger partial charge on any atom is 0.182 e. The zero-order valence-electron chi connectivity index (χ0n) is 9.53. The minimum Gasteiger partial charge on any atom is -0.491 e. The summed E-state index contributed by atoms with van der Waals surface area (Å²) >= 11 is 1.28. The third-order valence-electron chi connectivity index (χ3n) is 2.21. The molecule has 0 aliphatic carbocycles. The summed E-state index contributed by atoms with van der Waals surface area (Å²) in [5.41, 5.74) is 0. The quantitative estimate of drug-likeness (QED) is 0.749. The largest absolute Gasteiger partial charge is 0.491 e. The lowest BCUT2D eigenvalue weighted by molar-refractivity contribution is 0.323. The second-order valence-corrected chi connectivity index (χ2v) is 4.41. The number of ether oxygens (including phenoxy) is 2. The van der Waals surface area contributed by atoms with Gasteiger partial charge >= 0.3 is 0 Å². The zero-order chi connectivity index (χ0) is 12.3. The fourth-order valence-electron chi connectivity index (χ4n) is 1.51. The molecule has 0 atom stereocenters. The number of hydrogen-bond acceptors (Lipinski definition) is 3. The number of fused-ring (bicyclic) bond motifs is 1. The highest BCUT2D eigenvalue weighted by Crippen LogP contribution is 2.36. The average molecular weight is 252 g/mol. The van der Waals surface area contributed by atoms with Gasteiger partial charge in [0.2, 0.25) is 0 Å².